The summed E-state index contributed by atoms with van der Waals surface area (Å²) in [6.45, 7) is 1.94. The molecule has 0 saturated heterocycles. The van der Waals surface area contributed by atoms with E-state index in [1.54, 1.807) is 12.1 Å². The van der Waals surface area contributed by atoms with E-state index in [9.17, 15) is 18.3 Å². The molecule has 1 aliphatic rings. The van der Waals surface area contributed by atoms with Crippen molar-refractivity contribution in [2.45, 2.75) is 31.1 Å². The van der Waals surface area contributed by atoms with Crippen LogP contribution in [0.3, 0.4) is 0 Å². The summed E-state index contributed by atoms with van der Waals surface area (Å²) in [6.07, 6.45) is 2.87. The molecule has 1 heterocycles. The summed E-state index contributed by atoms with van der Waals surface area (Å²) in [7, 11) is -3.25. The van der Waals surface area contributed by atoms with Gasteiger partial charge in [-0.2, -0.15) is 0 Å². The van der Waals surface area contributed by atoms with E-state index in [0.717, 1.165) is 18.2 Å². The van der Waals surface area contributed by atoms with Gasteiger partial charge in [-0.1, -0.05) is 25.5 Å². The van der Waals surface area contributed by atoms with Gasteiger partial charge in [0.05, 0.1) is 10.8 Å². The second kappa shape index (κ2) is 7.63. The van der Waals surface area contributed by atoms with E-state index < -0.39 is 21.7 Å². The number of sulfone groups is 1. The average molecular weight is 354 g/mol. The number of carbonyl (C=O) groups is 1. The fourth-order valence-electron chi connectivity index (χ4n) is 2.75. The Kier molecular flexibility index (Phi) is 5.79. The standard InChI is InChI=1S/C15H22N4O4S/c1-3-4-12(15(20)21)13(14-16-18-19-17-14)9-10-5-7-11(8-6-10)24(2,22)23/h5-8,12-13,18-19H,3-4,9H2,1-2H3,(H,16,17)(H,20,21)/t12-,13-/m0/s1. The zero-order valence-corrected chi connectivity index (χ0v) is 14.4. The summed E-state index contributed by atoms with van der Waals surface area (Å²) in [5.74, 6) is -1.28. The molecule has 1 aromatic carbocycles. The highest BCUT2D eigenvalue weighted by Crippen LogP contribution is 2.25. The van der Waals surface area contributed by atoms with Crippen LogP contribution in [0.15, 0.2) is 34.3 Å². The van der Waals surface area contributed by atoms with Gasteiger partial charge in [-0.25, -0.2) is 14.0 Å². The Bertz CT molecular complexity index is 715. The summed E-state index contributed by atoms with van der Waals surface area (Å²) in [5.41, 5.74) is 8.87. The van der Waals surface area contributed by atoms with Crippen molar-refractivity contribution >= 4 is 21.6 Å². The Morgan fingerprint density at radius 2 is 1.96 bits per heavy atom. The van der Waals surface area contributed by atoms with Crippen LogP contribution in [-0.2, 0) is 21.1 Å². The first-order valence-corrected chi connectivity index (χ1v) is 9.57. The van der Waals surface area contributed by atoms with Gasteiger partial charge in [0.1, 0.15) is 5.84 Å². The van der Waals surface area contributed by atoms with Crippen molar-refractivity contribution in [2.24, 2.45) is 16.9 Å². The number of aliphatic carboxylic acids is 1. The molecule has 4 N–H and O–H groups in total. The Hall–Kier alpha value is -2.13. The molecule has 0 fully saturated rings. The topological polar surface area (TPSA) is 120 Å². The predicted octanol–water partition coefficient (Wildman–Crippen LogP) is 0.676. The minimum Gasteiger partial charge on any atom is -0.481 e. The number of hydrogen-bond acceptors (Lipinski definition) is 7. The van der Waals surface area contributed by atoms with Crippen LogP contribution in [0.4, 0.5) is 0 Å². The number of hydrogen-bond donors (Lipinski definition) is 4. The third kappa shape index (κ3) is 4.45. The summed E-state index contributed by atoms with van der Waals surface area (Å²) in [6, 6.07) is 6.50. The Balaban J connectivity index is 2.26. The molecule has 8 nitrogen and oxygen atoms in total. The molecule has 24 heavy (non-hydrogen) atoms. The van der Waals surface area contributed by atoms with Crippen LogP contribution in [0.5, 0.6) is 0 Å². The SMILES string of the molecule is CCC[C@H](C(=O)O)[C@H](Cc1ccc(S(C)(=O)=O)cc1)C1=NNNN1. The van der Waals surface area contributed by atoms with Gasteiger partial charge in [0, 0.05) is 12.2 Å². The minimum absolute atomic E-state index is 0.241. The number of hydrazone groups is 1. The molecule has 0 radical (unpaired) electrons. The van der Waals surface area contributed by atoms with Gasteiger partial charge >= 0.3 is 5.97 Å². The lowest BCUT2D eigenvalue weighted by Crippen LogP contribution is -2.42. The average Bonchev–Trinajstić information content (AvgIpc) is 3.04. The van der Waals surface area contributed by atoms with Gasteiger partial charge in [0.15, 0.2) is 9.84 Å². The maximum Gasteiger partial charge on any atom is 0.307 e. The molecule has 0 unspecified atom stereocenters. The van der Waals surface area contributed by atoms with E-state index in [0.29, 0.717) is 18.7 Å². The lowest BCUT2D eigenvalue weighted by atomic mass is 9.83. The summed E-state index contributed by atoms with van der Waals surface area (Å²) in [4.78, 5) is 11.9. The van der Waals surface area contributed by atoms with Crippen molar-refractivity contribution < 1.29 is 18.3 Å². The van der Waals surface area contributed by atoms with Crippen LogP contribution in [0.25, 0.3) is 0 Å². The normalized spacial score (nSPS) is 16.7. The highest BCUT2D eigenvalue weighted by Gasteiger charge is 2.33. The summed E-state index contributed by atoms with van der Waals surface area (Å²) in [5, 5.41) is 13.6. The van der Waals surface area contributed by atoms with E-state index in [1.165, 1.54) is 12.1 Å². The molecule has 0 spiro atoms. The predicted molar refractivity (Wildman–Crippen MR) is 89.6 cm³/mol. The number of rotatable bonds is 8. The molecule has 1 aromatic rings. The fraction of sp³-hybridized carbons (Fsp3) is 0.467. The second-order valence-electron chi connectivity index (χ2n) is 5.82. The molecule has 2 rings (SSSR count). The maximum atomic E-state index is 11.7. The first-order valence-electron chi connectivity index (χ1n) is 7.68. The molecule has 0 saturated carbocycles. The van der Waals surface area contributed by atoms with E-state index in [4.69, 9.17) is 0 Å². The van der Waals surface area contributed by atoms with Gasteiger partial charge in [0.25, 0.3) is 0 Å². The third-order valence-electron chi connectivity index (χ3n) is 3.98. The van der Waals surface area contributed by atoms with Gasteiger partial charge < -0.3 is 5.11 Å². The second-order valence-corrected chi connectivity index (χ2v) is 7.83. The molecule has 0 amide bonds. The number of amidine groups is 1. The Morgan fingerprint density at radius 1 is 1.29 bits per heavy atom. The molecule has 0 bridgehead atoms. The van der Waals surface area contributed by atoms with Crippen LogP contribution in [0.1, 0.15) is 25.3 Å². The zero-order valence-electron chi connectivity index (χ0n) is 13.6. The lowest BCUT2D eigenvalue weighted by molar-refractivity contribution is -0.143. The highest BCUT2D eigenvalue weighted by atomic mass is 32.2. The molecule has 0 aromatic heterocycles. The van der Waals surface area contributed by atoms with Crippen molar-refractivity contribution in [1.29, 1.82) is 0 Å². The molecular weight excluding hydrogens is 332 g/mol. The van der Waals surface area contributed by atoms with Gasteiger partial charge in [-0.05, 0) is 30.5 Å². The number of carboxylic acids is 1. The van der Waals surface area contributed by atoms with Crippen LogP contribution < -0.4 is 16.5 Å². The first-order chi connectivity index (χ1) is 11.3. The number of carboxylic acid groups (broad SMARTS) is 1. The first kappa shape index (κ1) is 18.2. The molecule has 2 atom stereocenters. The lowest BCUT2D eigenvalue weighted by Gasteiger charge is -2.23. The number of benzene rings is 1. The molecule has 1 aliphatic heterocycles. The van der Waals surface area contributed by atoms with E-state index in [-0.39, 0.29) is 10.8 Å². The van der Waals surface area contributed by atoms with Crippen LogP contribution in [0, 0.1) is 11.8 Å². The molecule has 0 aliphatic carbocycles. The van der Waals surface area contributed by atoms with Crippen molar-refractivity contribution in [3.63, 3.8) is 0 Å². The van der Waals surface area contributed by atoms with Gasteiger partial charge in [-0.15, -0.1) is 10.6 Å². The zero-order chi connectivity index (χ0) is 17.7. The highest BCUT2D eigenvalue weighted by molar-refractivity contribution is 7.90. The fourth-order valence-corrected chi connectivity index (χ4v) is 3.38. The van der Waals surface area contributed by atoms with Crippen molar-refractivity contribution in [1.82, 2.24) is 16.5 Å². The van der Waals surface area contributed by atoms with Crippen molar-refractivity contribution in [3.8, 4) is 0 Å². The molecule has 9 heteroatoms. The van der Waals surface area contributed by atoms with E-state index >= 15 is 0 Å². The summed E-state index contributed by atoms with van der Waals surface area (Å²) < 4.78 is 23.1. The minimum atomic E-state index is -3.25. The molecular formula is C15H22N4O4S. The van der Waals surface area contributed by atoms with Crippen molar-refractivity contribution in [2.75, 3.05) is 6.26 Å². The van der Waals surface area contributed by atoms with Crippen LogP contribution in [-0.4, -0.2) is 31.6 Å². The van der Waals surface area contributed by atoms with E-state index in [2.05, 4.69) is 21.6 Å². The number of nitrogens with zero attached hydrogens (tertiary/aromatic N) is 1. The number of nitrogens with one attached hydrogen (secondary N) is 3. The van der Waals surface area contributed by atoms with Crippen LogP contribution in [0.2, 0.25) is 0 Å². The Morgan fingerprint density at radius 3 is 2.42 bits per heavy atom. The Labute approximate surface area is 141 Å². The van der Waals surface area contributed by atoms with Crippen LogP contribution >= 0.6 is 0 Å². The third-order valence-corrected chi connectivity index (χ3v) is 5.11. The largest absolute Gasteiger partial charge is 0.481 e. The van der Waals surface area contributed by atoms with E-state index in [1.807, 2.05) is 6.92 Å². The summed E-state index contributed by atoms with van der Waals surface area (Å²) >= 11 is 0. The maximum absolute atomic E-state index is 11.7. The van der Waals surface area contributed by atoms with Gasteiger partial charge in [-0.3, -0.25) is 10.2 Å². The number of hydrazine groups is 2. The smallest absolute Gasteiger partial charge is 0.307 e. The monoisotopic (exact) mass is 354 g/mol. The van der Waals surface area contributed by atoms with Gasteiger partial charge in [0.2, 0.25) is 0 Å². The van der Waals surface area contributed by atoms with Crippen molar-refractivity contribution in [3.05, 3.63) is 29.8 Å². The molecule has 132 valence electrons. The quantitative estimate of drug-likeness (QED) is 0.542.